The Morgan fingerprint density at radius 2 is 0.611 bits per heavy atom. The molecule has 4 rings (SSSR count). The standard InChI is InChI=1S/C45H60O9/c1-7-13-16-22-49-40-28-34-31(25-37(40)43(46)52-19-10-4)35-29-41(50-23-17-14-8-2)39(45(48)54-21-12-6)27-33(35)36-30-42(51-24-18-15-9-3)38(26-32(34)36)44(47)53-20-11-5/h25-30H,7-24H2,1-6H3. The minimum atomic E-state index is -0.479. The van der Waals surface area contributed by atoms with E-state index in [1.165, 1.54) is 0 Å². The number of esters is 3. The van der Waals surface area contributed by atoms with E-state index in [-0.39, 0.29) is 19.8 Å². The van der Waals surface area contributed by atoms with Gasteiger partial charge in [-0.05, 0) is 107 Å². The van der Waals surface area contributed by atoms with Crippen molar-refractivity contribution in [1.29, 1.82) is 0 Å². The molecule has 0 spiro atoms. The third-order valence-corrected chi connectivity index (χ3v) is 9.22. The summed E-state index contributed by atoms with van der Waals surface area (Å²) >= 11 is 0. The van der Waals surface area contributed by atoms with Gasteiger partial charge in [0.25, 0.3) is 0 Å². The summed E-state index contributed by atoms with van der Waals surface area (Å²) in [5.74, 6) is -0.211. The van der Waals surface area contributed by atoms with Gasteiger partial charge >= 0.3 is 17.9 Å². The molecule has 4 aromatic rings. The van der Waals surface area contributed by atoms with E-state index in [1.54, 1.807) is 0 Å². The van der Waals surface area contributed by atoms with E-state index < -0.39 is 17.9 Å². The third kappa shape index (κ3) is 10.8. The Hall–Kier alpha value is -4.53. The number of carbonyl (C=O) groups excluding carboxylic acids is 3. The monoisotopic (exact) mass is 744 g/mol. The number of benzene rings is 4. The van der Waals surface area contributed by atoms with Gasteiger partial charge in [-0.2, -0.15) is 0 Å². The van der Waals surface area contributed by atoms with Gasteiger partial charge in [-0.25, -0.2) is 14.4 Å². The average molecular weight is 745 g/mol. The lowest BCUT2D eigenvalue weighted by Crippen LogP contribution is -2.11. The highest BCUT2D eigenvalue weighted by molar-refractivity contribution is 6.28. The molecule has 0 aliphatic heterocycles. The fraction of sp³-hybridized carbons (Fsp3) is 0.533. The lowest BCUT2D eigenvalue weighted by Gasteiger charge is -2.20. The molecule has 0 aromatic heterocycles. The molecule has 0 N–H and O–H groups in total. The summed E-state index contributed by atoms with van der Waals surface area (Å²) in [4.78, 5) is 40.9. The van der Waals surface area contributed by atoms with Crippen molar-refractivity contribution >= 4 is 50.2 Å². The fourth-order valence-corrected chi connectivity index (χ4v) is 6.33. The van der Waals surface area contributed by atoms with Crippen LogP contribution in [-0.4, -0.2) is 57.5 Å². The smallest absolute Gasteiger partial charge is 0.341 e. The molecular formula is C45H60O9. The van der Waals surface area contributed by atoms with E-state index in [0.29, 0.717) is 73.0 Å². The number of unbranched alkanes of at least 4 members (excludes halogenated alkanes) is 6. The fourth-order valence-electron chi connectivity index (χ4n) is 6.33. The minimum Gasteiger partial charge on any atom is -0.493 e. The van der Waals surface area contributed by atoms with Gasteiger partial charge in [-0.15, -0.1) is 0 Å². The highest BCUT2D eigenvalue weighted by atomic mass is 16.5. The van der Waals surface area contributed by atoms with Crippen LogP contribution in [0.25, 0.3) is 32.3 Å². The van der Waals surface area contributed by atoms with Crippen LogP contribution in [0.5, 0.6) is 17.2 Å². The first-order valence-corrected chi connectivity index (χ1v) is 20.3. The number of rotatable bonds is 24. The Kier molecular flexibility index (Phi) is 17.2. The predicted octanol–water partition coefficient (Wildman–Crippen LogP) is 11.6. The molecule has 0 aliphatic carbocycles. The predicted molar refractivity (Wildman–Crippen MR) is 216 cm³/mol. The molecule has 54 heavy (non-hydrogen) atoms. The first-order chi connectivity index (χ1) is 26.3. The van der Waals surface area contributed by atoms with E-state index in [1.807, 2.05) is 57.2 Å². The first-order valence-electron chi connectivity index (χ1n) is 20.3. The summed E-state index contributed by atoms with van der Waals surface area (Å²) < 4.78 is 35.9. The number of ether oxygens (including phenoxy) is 6. The molecule has 0 saturated carbocycles. The zero-order chi connectivity index (χ0) is 38.9. The van der Waals surface area contributed by atoms with Crippen molar-refractivity contribution in [3.63, 3.8) is 0 Å². The SMILES string of the molecule is CCCCCOc1cc2c(cc1C(=O)OCCC)c1cc(OCCCCC)c(C(=O)OCCC)cc1c1cc(OCCCCC)c(C(=O)OCCC)cc21. The number of carbonyl (C=O) groups is 3. The highest BCUT2D eigenvalue weighted by Gasteiger charge is 2.25. The van der Waals surface area contributed by atoms with Gasteiger partial charge in [0, 0.05) is 0 Å². The molecule has 9 heteroatoms. The van der Waals surface area contributed by atoms with E-state index in [4.69, 9.17) is 28.4 Å². The molecule has 294 valence electrons. The van der Waals surface area contributed by atoms with Crippen LogP contribution in [0, 0.1) is 0 Å². The van der Waals surface area contributed by atoms with Crippen molar-refractivity contribution in [2.75, 3.05) is 39.6 Å². The largest absolute Gasteiger partial charge is 0.493 e. The third-order valence-electron chi connectivity index (χ3n) is 9.22. The van der Waals surface area contributed by atoms with E-state index in [2.05, 4.69) is 20.8 Å². The summed E-state index contributed by atoms with van der Waals surface area (Å²) in [6.45, 7) is 14.3. The van der Waals surface area contributed by atoms with Crippen molar-refractivity contribution < 1.29 is 42.8 Å². The molecule has 0 atom stereocenters. The summed E-state index contributed by atoms with van der Waals surface area (Å²) in [6, 6.07) is 11.1. The number of hydrogen-bond donors (Lipinski definition) is 0. The van der Waals surface area contributed by atoms with Crippen molar-refractivity contribution in [3.05, 3.63) is 53.1 Å². The van der Waals surface area contributed by atoms with Gasteiger partial charge in [-0.3, -0.25) is 0 Å². The Morgan fingerprint density at radius 3 is 0.852 bits per heavy atom. The van der Waals surface area contributed by atoms with Crippen LogP contribution in [0.4, 0.5) is 0 Å². The molecule has 0 fully saturated rings. The van der Waals surface area contributed by atoms with E-state index >= 15 is 0 Å². The van der Waals surface area contributed by atoms with Crippen LogP contribution >= 0.6 is 0 Å². The van der Waals surface area contributed by atoms with E-state index in [9.17, 15) is 14.4 Å². The molecule has 0 amide bonds. The molecule has 0 aliphatic rings. The van der Waals surface area contributed by atoms with Crippen molar-refractivity contribution in [3.8, 4) is 17.2 Å². The molecule has 0 radical (unpaired) electrons. The van der Waals surface area contributed by atoms with Crippen LogP contribution in [0.15, 0.2) is 36.4 Å². The van der Waals surface area contributed by atoms with Crippen LogP contribution < -0.4 is 14.2 Å². The molecule has 0 saturated heterocycles. The highest BCUT2D eigenvalue weighted by Crippen LogP contribution is 2.43. The summed E-state index contributed by atoms with van der Waals surface area (Å²) in [7, 11) is 0. The molecule has 0 bridgehead atoms. The zero-order valence-corrected chi connectivity index (χ0v) is 33.4. The summed E-state index contributed by atoms with van der Waals surface area (Å²) in [6.07, 6.45) is 10.6. The quantitative estimate of drug-likeness (QED) is 0.0300. The zero-order valence-electron chi connectivity index (χ0n) is 33.4. The van der Waals surface area contributed by atoms with Gasteiger partial charge < -0.3 is 28.4 Å². The second-order valence-electron chi connectivity index (χ2n) is 13.8. The Morgan fingerprint density at radius 1 is 0.352 bits per heavy atom. The maximum absolute atomic E-state index is 13.6. The molecule has 0 heterocycles. The Balaban J connectivity index is 2.13. The topological polar surface area (TPSA) is 107 Å². The van der Waals surface area contributed by atoms with Gasteiger partial charge in [0.05, 0.1) is 39.6 Å². The Bertz CT molecular complexity index is 1620. The van der Waals surface area contributed by atoms with Crippen molar-refractivity contribution in [2.45, 2.75) is 119 Å². The summed E-state index contributed by atoms with van der Waals surface area (Å²) in [5, 5.41) is 4.44. The van der Waals surface area contributed by atoms with Gasteiger partial charge in [0.15, 0.2) is 0 Å². The summed E-state index contributed by atoms with van der Waals surface area (Å²) in [5.41, 5.74) is 0.926. The van der Waals surface area contributed by atoms with Crippen molar-refractivity contribution in [2.24, 2.45) is 0 Å². The van der Waals surface area contributed by atoms with Crippen LogP contribution in [0.3, 0.4) is 0 Å². The normalized spacial score (nSPS) is 11.2. The Labute approximate surface area is 320 Å². The average Bonchev–Trinajstić information content (AvgIpc) is 3.19. The molecular weight excluding hydrogens is 684 g/mol. The van der Waals surface area contributed by atoms with Gasteiger partial charge in [-0.1, -0.05) is 80.1 Å². The first kappa shape index (κ1) is 42.2. The van der Waals surface area contributed by atoms with Crippen LogP contribution in [0.1, 0.15) is 150 Å². The van der Waals surface area contributed by atoms with Crippen LogP contribution in [0.2, 0.25) is 0 Å². The molecule has 0 unspecified atom stereocenters. The molecule has 4 aromatic carbocycles. The maximum atomic E-state index is 13.6. The lowest BCUT2D eigenvalue weighted by atomic mass is 9.90. The molecule has 9 nitrogen and oxygen atoms in total. The lowest BCUT2D eigenvalue weighted by molar-refractivity contribution is 0.0491. The second-order valence-corrected chi connectivity index (χ2v) is 13.8. The maximum Gasteiger partial charge on any atom is 0.341 e. The van der Waals surface area contributed by atoms with Crippen LogP contribution in [-0.2, 0) is 14.2 Å². The number of fused-ring (bicyclic) bond motifs is 6. The van der Waals surface area contributed by atoms with E-state index in [0.717, 1.165) is 90.1 Å². The minimum absolute atomic E-state index is 0.272. The van der Waals surface area contributed by atoms with Gasteiger partial charge in [0.2, 0.25) is 0 Å². The van der Waals surface area contributed by atoms with Gasteiger partial charge in [0.1, 0.15) is 33.9 Å². The van der Waals surface area contributed by atoms with Crippen molar-refractivity contribution in [1.82, 2.24) is 0 Å². The number of hydrogen-bond acceptors (Lipinski definition) is 9. The second kappa shape index (κ2) is 22.0.